The van der Waals surface area contributed by atoms with Crippen LogP contribution in [-0.2, 0) is 19.0 Å². The van der Waals surface area contributed by atoms with Crippen molar-refractivity contribution in [3.8, 4) is 0 Å². The monoisotopic (exact) mass is 386 g/mol. The lowest BCUT2D eigenvalue weighted by molar-refractivity contribution is -0.0536. The van der Waals surface area contributed by atoms with Gasteiger partial charge in [0, 0.05) is 19.5 Å². The molecule has 0 radical (unpaired) electrons. The Morgan fingerprint density at radius 3 is 2.32 bits per heavy atom. The predicted molar refractivity (Wildman–Crippen MR) is 81.9 cm³/mol. The van der Waals surface area contributed by atoms with Crippen molar-refractivity contribution in [2.24, 2.45) is 0 Å². The number of piperazine rings is 1. The van der Waals surface area contributed by atoms with Crippen LogP contribution in [-0.4, -0.2) is 67.6 Å². The molecule has 2 rings (SSSR count). The van der Waals surface area contributed by atoms with Crippen molar-refractivity contribution < 1.29 is 35.3 Å². The van der Waals surface area contributed by atoms with Crippen molar-refractivity contribution in [2.45, 2.75) is 50.4 Å². The van der Waals surface area contributed by atoms with Crippen LogP contribution in [0.5, 0.6) is 0 Å². The Bertz CT molecular complexity index is 669. The zero-order chi connectivity index (χ0) is 19.2. The van der Waals surface area contributed by atoms with Crippen LogP contribution in [0.1, 0.15) is 27.2 Å². The molecular formula is C14H21F3N2O5S. The summed E-state index contributed by atoms with van der Waals surface area (Å²) in [5.74, 6) is -0.305. The van der Waals surface area contributed by atoms with Gasteiger partial charge in [0.2, 0.25) is 0 Å². The predicted octanol–water partition coefficient (Wildman–Crippen LogP) is 2.06. The molecule has 0 N–H and O–H groups in total. The van der Waals surface area contributed by atoms with E-state index in [0.717, 1.165) is 0 Å². The van der Waals surface area contributed by atoms with E-state index in [4.69, 9.17) is 4.74 Å². The molecule has 0 aromatic heterocycles. The Morgan fingerprint density at radius 1 is 1.24 bits per heavy atom. The van der Waals surface area contributed by atoms with Crippen LogP contribution < -0.4 is 0 Å². The SMILES string of the molecule is CN1C[C@H]2CC(OS(=O)(=O)C(F)(F)F)=C[C@@H](C1)N2C(=O)OC(C)(C)C. The van der Waals surface area contributed by atoms with Crippen molar-refractivity contribution in [3.63, 3.8) is 0 Å². The first-order valence-corrected chi connectivity index (χ1v) is 9.02. The molecule has 0 aliphatic carbocycles. The van der Waals surface area contributed by atoms with E-state index in [1.165, 1.54) is 11.0 Å². The largest absolute Gasteiger partial charge is 0.534 e. The summed E-state index contributed by atoms with van der Waals surface area (Å²) >= 11 is 0. The highest BCUT2D eigenvalue weighted by atomic mass is 32.2. The molecule has 144 valence electrons. The second-order valence-electron chi connectivity index (χ2n) is 7.15. The van der Waals surface area contributed by atoms with Gasteiger partial charge in [0.1, 0.15) is 11.4 Å². The van der Waals surface area contributed by atoms with Gasteiger partial charge in [-0.05, 0) is 33.9 Å². The summed E-state index contributed by atoms with van der Waals surface area (Å²) < 4.78 is 69.5. The summed E-state index contributed by atoms with van der Waals surface area (Å²) in [6.45, 7) is 5.81. The number of carbonyl (C=O) groups is 1. The molecular weight excluding hydrogens is 365 g/mol. The number of hydrogen-bond acceptors (Lipinski definition) is 6. The first-order chi connectivity index (χ1) is 11.2. The fourth-order valence-electron chi connectivity index (χ4n) is 2.86. The minimum Gasteiger partial charge on any atom is -0.444 e. The van der Waals surface area contributed by atoms with Gasteiger partial charge < -0.3 is 13.8 Å². The summed E-state index contributed by atoms with van der Waals surface area (Å²) in [6.07, 6.45) is 0.499. The van der Waals surface area contributed by atoms with Gasteiger partial charge in [-0.1, -0.05) is 0 Å². The summed E-state index contributed by atoms with van der Waals surface area (Å²) in [6, 6.07) is -1.17. The number of nitrogens with zero attached hydrogens (tertiary/aromatic N) is 2. The fourth-order valence-corrected chi connectivity index (χ4v) is 3.36. The zero-order valence-corrected chi connectivity index (χ0v) is 15.1. The number of rotatable bonds is 2. The van der Waals surface area contributed by atoms with E-state index in [2.05, 4.69) is 4.18 Å². The average molecular weight is 386 g/mol. The van der Waals surface area contributed by atoms with Crippen LogP contribution in [0.15, 0.2) is 11.8 Å². The second kappa shape index (κ2) is 6.35. The zero-order valence-electron chi connectivity index (χ0n) is 14.3. The van der Waals surface area contributed by atoms with Crippen molar-refractivity contribution in [1.82, 2.24) is 9.80 Å². The molecule has 11 heteroatoms. The Labute approximate surface area is 144 Å². The van der Waals surface area contributed by atoms with E-state index in [1.807, 2.05) is 4.90 Å². The quantitative estimate of drug-likeness (QED) is 0.534. The molecule has 0 spiro atoms. The Kier molecular flexibility index (Phi) is 5.03. The average Bonchev–Trinajstić information content (AvgIpc) is 2.32. The van der Waals surface area contributed by atoms with Crippen LogP contribution in [0, 0.1) is 0 Å². The number of alkyl halides is 3. The number of halogens is 3. The van der Waals surface area contributed by atoms with E-state index in [9.17, 15) is 26.4 Å². The fraction of sp³-hybridized carbons (Fsp3) is 0.786. The van der Waals surface area contributed by atoms with Crippen LogP contribution in [0.4, 0.5) is 18.0 Å². The first kappa shape index (κ1) is 19.8. The number of ether oxygens (including phenoxy) is 1. The number of carbonyl (C=O) groups excluding carboxylic acids is 1. The van der Waals surface area contributed by atoms with Crippen LogP contribution in [0.3, 0.4) is 0 Å². The highest BCUT2D eigenvalue weighted by Crippen LogP contribution is 2.33. The van der Waals surface area contributed by atoms with E-state index >= 15 is 0 Å². The van der Waals surface area contributed by atoms with Gasteiger partial charge >= 0.3 is 21.7 Å². The van der Waals surface area contributed by atoms with E-state index in [-0.39, 0.29) is 12.2 Å². The molecule has 2 bridgehead atoms. The van der Waals surface area contributed by atoms with Crippen molar-refractivity contribution >= 4 is 16.2 Å². The third kappa shape index (κ3) is 4.57. The Hall–Kier alpha value is -1.49. The molecule has 0 aromatic rings. The van der Waals surface area contributed by atoms with Crippen molar-refractivity contribution in [3.05, 3.63) is 11.8 Å². The van der Waals surface area contributed by atoms with Crippen molar-refractivity contribution in [2.75, 3.05) is 20.1 Å². The number of fused-ring (bicyclic) bond motifs is 2. The van der Waals surface area contributed by atoms with Gasteiger partial charge in [0.05, 0.1) is 12.1 Å². The summed E-state index contributed by atoms with van der Waals surface area (Å²) in [5.41, 5.74) is -6.22. The van der Waals surface area contributed by atoms with Gasteiger partial charge in [-0.3, -0.25) is 4.90 Å². The summed E-state index contributed by atoms with van der Waals surface area (Å²) in [5, 5.41) is 0. The molecule has 2 aliphatic heterocycles. The Morgan fingerprint density at radius 2 is 1.84 bits per heavy atom. The third-order valence-corrected chi connectivity index (χ3v) is 4.69. The maximum atomic E-state index is 12.5. The number of likely N-dealkylation sites (N-methyl/N-ethyl adjacent to an activating group) is 1. The maximum absolute atomic E-state index is 12.5. The smallest absolute Gasteiger partial charge is 0.444 e. The van der Waals surface area contributed by atoms with Gasteiger partial charge in [-0.15, -0.1) is 0 Å². The Balaban J connectivity index is 2.25. The van der Waals surface area contributed by atoms with Crippen molar-refractivity contribution in [1.29, 1.82) is 0 Å². The highest BCUT2D eigenvalue weighted by molar-refractivity contribution is 7.87. The van der Waals surface area contributed by atoms with E-state index in [0.29, 0.717) is 13.1 Å². The normalized spacial score (nSPS) is 25.4. The van der Waals surface area contributed by atoms with E-state index < -0.39 is 39.4 Å². The molecule has 0 unspecified atom stereocenters. The summed E-state index contributed by atoms with van der Waals surface area (Å²) in [4.78, 5) is 15.7. The lowest BCUT2D eigenvalue weighted by atomic mass is 9.97. The lowest BCUT2D eigenvalue weighted by Gasteiger charge is -2.47. The second-order valence-corrected chi connectivity index (χ2v) is 8.69. The molecule has 0 saturated carbocycles. The molecule has 2 aliphatic rings. The van der Waals surface area contributed by atoms with Gasteiger partial charge in [0.15, 0.2) is 0 Å². The molecule has 25 heavy (non-hydrogen) atoms. The van der Waals surface area contributed by atoms with Gasteiger partial charge in [-0.25, -0.2) is 4.79 Å². The minimum absolute atomic E-state index is 0.143. The molecule has 0 aromatic carbocycles. The van der Waals surface area contributed by atoms with Gasteiger partial charge in [0.25, 0.3) is 0 Å². The molecule has 1 saturated heterocycles. The molecule has 1 fully saturated rings. The topological polar surface area (TPSA) is 76.2 Å². The standard InChI is InChI=1S/C14H21F3N2O5S/c1-13(2,3)23-12(20)19-9-5-11(6-10(19)8-18(4)7-9)24-25(21,22)14(15,16)17/h5,9-10H,6-8H2,1-4H3/t9-,10+/m0/s1. The first-order valence-electron chi connectivity index (χ1n) is 7.61. The van der Waals surface area contributed by atoms with Crippen LogP contribution in [0.25, 0.3) is 0 Å². The van der Waals surface area contributed by atoms with Crippen LogP contribution in [0.2, 0.25) is 0 Å². The molecule has 2 atom stereocenters. The molecule has 7 nitrogen and oxygen atoms in total. The molecule has 2 heterocycles. The highest BCUT2D eigenvalue weighted by Gasteiger charge is 2.50. The summed E-state index contributed by atoms with van der Waals surface area (Å²) in [7, 11) is -3.92. The maximum Gasteiger partial charge on any atom is 0.534 e. The van der Waals surface area contributed by atoms with E-state index in [1.54, 1.807) is 27.8 Å². The van der Waals surface area contributed by atoms with Crippen LogP contribution >= 0.6 is 0 Å². The number of amides is 1. The number of hydrogen-bond donors (Lipinski definition) is 0. The molecule has 1 amide bonds. The van der Waals surface area contributed by atoms with Gasteiger partial charge in [-0.2, -0.15) is 21.6 Å². The minimum atomic E-state index is -5.72. The lowest BCUT2D eigenvalue weighted by Crippen LogP contribution is -2.61. The third-order valence-electron chi connectivity index (χ3n) is 3.69.